The molecule has 0 heteroatoms. The predicted octanol–water partition coefficient (Wildman–Crippen LogP) is 10.5. The predicted molar refractivity (Wildman–Crippen MR) is 165 cm³/mol. The molecule has 0 atom stereocenters. The maximum atomic E-state index is 2.32. The van der Waals surface area contributed by atoms with Gasteiger partial charge in [0.15, 0.2) is 0 Å². The second-order valence-corrected chi connectivity index (χ2v) is 10.5. The van der Waals surface area contributed by atoms with Gasteiger partial charge in [-0.1, -0.05) is 144 Å². The van der Waals surface area contributed by atoms with Gasteiger partial charge in [-0.2, -0.15) is 0 Å². The molecule has 5 aromatic rings. The van der Waals surface area contributed by atoms with Gasteiger partial charge in [0.05, 0.1) is 0 Å². The van der Waals surface area contributed by atoms with Crippen LogP contribution in [0.1, 0.15) is 68.5 Å². The summed E-state index contributed by atoms with van der Waals surface area (Å²) in [6, 6.07) is 39.7. The molecule has 0 heterocycles. The van der Waals surface area contributed by atoms with Crippen molar-refractivity contribution in [1.82, 2.24) is 0 Å². The summed E-state index contributed by atoms with van der Waals surface area (Å²) < 4.78 is 0. The van der Waals surface area contributed by atoms with Crippen molar-refractivity contribution in [2.24, 2.45) is 0 Å². The Bertz CT molecular complexity index is 1500. The second-order valence-electron chi connectivity index (χ2n) is 10.5. The Kier molecular flexibility index (Phi) is 6.84. The molecule has 0 fully saturated rings. The minimum absolute atomic E-state index is 0. The van der Waals surface area contributed by atoms with Gasteiger partial charge in [-0.25, -0.2) is 0 Å². The fourth-order valence-corrected chi connectivity index (χ4v) is 6.53. The third-order valence-electron chi connectivity index (χ3n) is 8.27. The SMILES string of the molecule is C.CC.CC1(C)c2ccccc2-c2ccccc21.c1ccc2c(c1)Cc1c-2ccc2c1Cc1ccccc1-2. The molecule has 3 aliphatic carbocycles. The average Bonchev–Trinajstić information content (AvgIpc) is 3.59. The van der Waals surface area contributed by atoms with E-state index in [9.17, 15) is 0 Å². The van der Waals surface area contributed by atoms with Crippen LogP contribution in [0.4, 0.5) is 0 Å². The van der Waals surface area contributed by atoms with E-state index in [1.807, 2.05) is 13.8 Å². The minimum atomic E-state index is 0. The van der Waals surface area contributed by atoms with Crippen molar-refractivity contribution in [3.05, 3.63) is 143 Å². The Balaban J connectivity index is 0.000000147. The molecule has 0 amide bonds. The Hall–Kier alpha value is -3.90. The smallest absolute Gasteiger partial charge is 0.0158 e. The first-order valence-electron chi connectivity index (χ1n) is 13.6. The Morgan fingerprint density at radius 1 is 0.421 bits per heavy atom. The Morgan fingerprint density at radius 3 is 1.18 bits per heavy atom. The quantitative estimate of drug-likeness (QED) is 0.197. The number of hydrogen-bond acceptors (Lipinski definition) is 0. The number of fused-ring (bicyclic) bond motifs is 10. The van der Waals surface area contributed by atoms with Crippen molar-refractivity contribution in [3.63, 3.8) is 0 Å². The summed E-state index contributed by atoms with van der Waals surface area (Å²) in [6.07, 6.45) is 2.20. The van der Waals surface area contributed by atoms with Crippen molar-refractivity contribution in [2.45, 2.75) is 53.4 Å². The molecule has 0 radical (unpaired) electrons. The first kappa shape index (κ1) is 25.7. The molecule has 0 nitrogen and oxygen atoms in total. The largest absolute Gasteiger partial charge is 0.0776 e. The van der Waals surface area contributed by atoms with Crippen molar-refractivity contribution in [1.29, 1.82) is 0 Å². The zero-order chi connectivity index (χ0) is 25.6. The lowest BCUT2D eigenvalue weighted by molar-refractivity contribution is 0.660. The highest BCUT2D eigenvalue weighted by molar-refractivity contribution is 5.86. The first-order valence-corrected chi connectivity index (χ1v) is 13.6. The lowest BCUT2D eigenvalue weighted by Crippen LogP contribution is -2.14. The van der Waals surface area contributed by atoms with E-state index in [-0.39, 0.29) is 12.8 Å². The van der Waals surface area contributed by atoms with E-state index in [1.54, 1.807) is 11.1 Å². The summed E-state index contributed by atoms with van der Waals surface area (Å²) in [6.45, 7) is 8.61. The van der Waals surface area contributed by atoms with E-state index in [0.29, 0.717) is 0 Å². The standard InChI is InChI=1S/C20H14.C15H14.C2H6.CH4/c1-3-7-15-13(5-1)11-19-17(15)9-10-18-16-8-4-2-6-14(16)12-20(18)19;1-15(2)13-9-5-3-7-11(13)12-8-4-6-10-14(12)15;1-2;/h1-10H,11-12H2;3-10H,1-2H3;1-2H3;1H4. The third-order valence-corrected chi connectivity index (χ3v) is 8.27. The minimum Gasteiger partial charge on any atom is -0.0776 e. The maximum absolute atomic E-state index is 2.32. The van der Waals surface area contributed by atoms with Crippen molar-refractivity contribution in [2.75, 3.05) is 0 Å². The fraction of sp³-hybridized carbons (Fsp3) is 0.211. The monoisotopic (exact) mass is 494 g/mol. The van der Waals surface area contributed by atoms with Crippen LogP contribution in [-0.4, -0.2) is 0 Å². The highest BCUT2D eigenvalue weighted by atomic mass is 14.4. The molecule has 3 aliphatic rings. The van der Waals surface area contributed by atoms with Gasteiger partial charge in [0.1, 0.15) is 0 Å². The van der Waals surface area contributed by atoms with E-state index in [0.717, 1.165) is 12.8 Å². The summed E-state index contributed by atoms with van der Waals surface area (Å²) in [5.74, 6) is 0. The van der Waals surface area contributed by atoms with Crippen LogP contribution in [0.3, 0.4) is 0 Å². The van der Waals surface area contributed by atoms with Crippen LogP contribution < -0.4 is 0 Å². The molecule has 38 heavy (non-hydrogen) atoms. The zero-order valence-electron chi connectivity index (χ0n) is 22.3. The molecule has 0 aliphatic heterocycles. The average molecular weight is 495 g/mol. The maximum Gasteiger partial charge on any atom is 0.0158 e. The molecule has 8 rings (SSSR count). The molecule has 0 saturated carbocycles. The Morgan fingerprint density at radius 2 is 0.763 bits per heavy atom. The van der Waals surface area contributed by atoms with Gasteiger partial charge in [0.25, 0.3) is 0 Å². The van der Waals surface area contributed by atoms with E-state index < -0.39 is 0 Å². The van der Waals surface area contributed by atoms with E-state index in [1.165, 1.54) is 55.6 Å². The van der Waals surface area contributed by atoms with Gasteiger partial charge in [-0.05, 0) is 79.6 Å². The van der Waals surface area contributed by atoms with Gasteiger partial charge >= 0.3 is 0 Å². The van der Waals surface area contributed by atoms with Crippen molar-refractivity contribution >= 4 is 0 Å². The van der Waals surface area contributed by atoms with E-state index in [4.69, 9.17) is 0 Å². The summed E-state index contributed by atoms with van der Waals surface area (Å²) in [4.78, 5) is 0. The molecular weight excluding hydrogens is 456 g/mol. The van der Waals surface area contributed by atoms with Crippen molar-refractivity contribution < 1.29 is 0 Å². The lowest BCUT2D eigenvalue weighted by Gasteiger charge is -2.20. The molecule has 0 spiro atoms. The van der Waals surface area contributed by atoms with Crippen molar-refractivity contribution in [3.8, 4) is 33.4 Å². The van der Waals surface area contributed by atoms with Gasteiger partial charge in [0.2, 0.25) is 0 Å². The summed E-state index contributed by atoms with van der Waals surface area (Å²) in [5, 5.41) is 0. The van der Waals surface area contributed by atoms with Crippen LogP contribution in [-0.2, 0) is 18.3 Å². The highest BCUT2D eigenvalue weighted by Gasteiger charge is 2.34. The molecule has 0 aromatic heterocycles. The van der Waals surface area contributed by atoms with E-state index in [2.05, 4.69) is 123 Å². The number of hydrogen-bond donors (Lipinski definition) is 0. The van der Waals surface area contributed by atoms with E-state index >= 15 is 0 Å². The Labute approximate surface area is 229 Å². The normalized spacial score (nSPS) is 13.6. The molecule has 5 aromatic carbocycles. The zero-order valence-corrected chi connectivity index (χ0v) is 22.3. The van der Waals surface area contributed by atoms with Gasteiger partial charge < -0.3 is 0 Å². The fourth-order valence-electron chi connectivity index (χ4n) is 6.53. The van der Waals surface area contributed by atoms with Crippen LogP contribution in [0, 0.1) is 0 Å². The third kappa shape index (κ3) is 3.91. The molecular formula is C38H38. The number of benzene rings is 5. The van der Waals surface area contributed by atoms with Crippen LogP contribution >= 0.6 is 0 Å². The van der Waals surface area contributed by atoms with Crippen LogP contribution in [0.25, 0.3) is 33.4 Å². The molecule has 0 unspecified atom stereocenters. The highest BCUT2D eigenvalue weighted by Crippen LogP contribution is 2.48. The summed E-state index contributed by atoms with van der Waals surface area (Å²) >= 11 is 0. The number of rotatable bonds is 0. The molecule has 0 N–H and O–H groups in total. The second kappa shape index (κ2) is 10.1. The molecule has 190 valence electrons. The topological polar surface area (TPSA) is 0 Å². The summed E-state index contributed by atoms with van der Waals surface area (Å²) in [7, 11) is 0. The molecule has 0 saturated heterocycles. The summed E-state index contributed by atoms with van der Waals surface area (Å²) in [5.41, 5.74) is 17.7. The van der Waals surface area contributed by atoms with Gasteiger partial charge in [-0.15, -0.1) is 0 Å². The van der Waals surface area contributed by atoms with Crippen LogP contribution in [0.15, 0.2) is 109 Å². The van der Waals surface area contributed by atoms with Gasteiger partial charge in [0, 0.05) is 5.41 Å². The van der Waals surface area contributed by atoms with Crippen LogP contribution in [0.5, 0.6) is 0 Å². The van der Waals surface area contributed by atoms with Crippen LogP contribution in [0.2, 0.25) is 0 Å². The van der Waals surface area contributed by atoms with Gasteiger partial charge in [-0.3, -0.25) is 0 Å². The first-order chi connectivity index (χ1) is 18.1. The molecule has 0 bridgehead atoms. The lowest BCUT2D eigenvalue weighted by atomic mass is 9.82.